The number of carbonyl (C=O) groups excluding carboxylic acids is 1. The summed E-state index contributed by atoms with van der Waals surface area (Å²) in [6.45, 7) is 3.56. The van der Waals surface area contributed by atoms with Crippen LogP contribution in [0.15, 0.2) is 24.3 Å². The number of amides is 2. The molecule has 0 radical (unpaired) electrons. The van der Waals surface area contributed by atoms with Crippen molar-refractivity contribution in [3.8, 4) is 0 Å². The van der Waals surface area contributed by atoms with Crippen LogP contribution >= 0.6 is 0 Å². The Balaban J connectivity index is 1.56. The van der Waals surface area contributed by atoms with Gasteiger partial charge in [-0.15, -0.1) is 0 Å². The highest BCUT2D eigenvalue weighted by atomic mass is 16.2. The van der Waals surface area contributed by atoms with Crippen molar-refractivity contribution in [1.82, 2.24) is 20.1 Å². The molecule has 2 amide bonds. The van der Waals surface area contributed by atoms with E-state index in [-0.39, 0.29) is 12.1 Å². The lowest BCUT2D eigenvalue weighted by atomic mass is 9.80. The van der Waals surface area contributed by atoms with E-state index in [1.807, 2.05) is 14.0 Å². The van der Waals surface area contributed by atoms with Gasteiger partial charge in [-0.2, -0.15) is 0 Å². The second-order valence-corrected chi connectivity index (χ2v) is 8.37. The third-order valence-corrected chi connectivity index (χ3v) is 6.54. The fourth-order valence-electron chi connectivity index (χ4n) is 4.79. The minimum atomic E-state index is -0.00132. The lowest BCUT2D eigenvalue weighted by Gasteiger charge is -2.40. The summed E-state index contributed by atoms with van der Waals surface area (Å²) >= 11 is 0. The maximum Gasteiger partial charge on any atom is 0.317 e. The number of hydrogen-bond donors (Lipinski definition) is 2. The number of hydrogen-bond acceptors (Lipinski definition) is 2. The molecule has 2 N–H and O–H groups in total. The number of fused-ring (bicyclic) bond motifs is 2. The summed E-state index contributed by atoms with van der Waals surface area (Å²) in [6.07, 6.45) is 6.00. The van der Waals surface area contributed by atoms with Crippen LogP contribution in [0.2, 0.25) is 0 Å². The van der Waals surface area contributed by atoms with Gasteiger partial charge in [0.1, 0.15) is 0 Å². The third kappa shape index (κ3) is 2.67. The molecule has 2 heterocycles. The molecular weight excluding hydrogens is 336 g/mol. The maximum atomic E-state index is 12.3. The summed E-state index contributed by atoms with van der Waals surface area (Å²) in [6, 6.07) is 7.06. The van der Waals surface area contributed by atoms with Crippen molar-refractivity contribution >= 4 is 22.5 Å². The van der Waals surface area contributed by atoms with Crippen LogP contribution in [0.3, 0.4) is 0 Å². The number of carbonyl (C=O) groups is 1. The van der Waals surface area contributed by atoms with Gasteiger partial charge >= 0.3 is 6.03 Å². The van der Waals surface area contributed by atoms with Gasteiger partial charge in [0.15, 0.2) is 0 Å². The minimum Gasteiger partial charge on any atom is -0.358 e. The average molecular weight is 364 g/mol. The SMILES string of the molecule is CCN(C)C(=O)NC1C=C2c3cccc4[nH]c(C5CC5)c(c34)CC2N(C)C1. The molecule has 3 aliphatic rings. The second kappa shape index (κ2) is 6.13. The number of rotatable bonds is 3. The number of H-pyrrole nitrogens is 1. The number of nitrogens with zero attached hydrogens (tertiary/aromatic N) is 2. The molecule has 1 saturated carbocycles. The summed E-state index contributed by atoms with van der Waals surface area (Å²) in [4.78, 5) is 20.2. The fraction of sp³-hybridized carbons (Fsp3) is 0.500. The Morgan fingerprint density at radius 2 is 2.19 bits per heavy atom. The molecule has 27 heavy (non-hydrogen) atoms. The first kappa shape index (κ1) is 16.9. The van der Waals surface area contributed by atoms with E-state index in [9.17, 15) is 4.79 Å². The summed E-state index contributed by atoms with van der Waals surface area (Å²) in [5, 5.41) is 4.59. The van der Waals surface area contributed by atoms with Crippen molar-refractivity contribution in [2.75, 3.05) is 27.2 Å². The van der Waals surface area contributed by atoms with E-state index >= 15 is 0 Å². The molecule has 1 fully saturated rings. The van der Waals surface area contributed by atoms with Gasteiger partial charge in [0.05, 0.1) is 6.04 Å². The van der Waals surface area contributed by atoms with Crippen molar-refractivity contribution in [3.63, 3.8) is 0 Å². The number of urea groups is 1. The molecule has 0 bridgehead atoms. The first-order valence-electron chi connectivity index (χ1n) is 10.1. The first-order chi connectivity index (χ1) is 13.1. The molecule has 5 nitrogen and oxygen atoms in total. The van der Waals surface area contributed by atoms with Gasteiger partial charge in [-0.1, -0.05) is 18.2 Å². The zero-order chi connectivity index (χ0) is 18.7. The zero-order valence-electron chi connectivity index (χ0n) is 16.4. The Hall–Kier alpha value is -2.27. The number of aromatic nitrogens is 1. The van der Waals surface area contributed by atoms with Crippen molar-refractivity contribution in [3.05, 3.63) is 41.1 Å². The molecule has 2 aromatic rings. The van der Waals surface area contributed by atoms with Gasteiger partial charge in [-0.3, -0.25) is 4.90 Å². The predicted molar refractivity (Wildman–Crippen MR) is 109 cm³/mol. The van der Waals surface area contributed by atoms with Crippen molar-refractivity contribution in [2.45, 2.75) is 44.2 Å². The van der Waals surface area contributed by atoms with E-state index in [4.69, 9.17) is 0 Å². The van der Waals surface area contributed by atoms with Crippen LogP contribution in [0.5, 0.6) is 0 Å². The molecule has 142 valence electrons. The Morgan fingerprint density at radius 3 is 2.93 bits per heavy atom. The van der Waals surface area contributed by atoms with E-state index in [0.717, 1.165) is 18.9 Å². The molecule has 1 aromatic carbocycles. The van der Waals surface area contributed by atoms with Crippen LogP contribution in [0.4, 0.5) is 4.79 Å². The van der Waals surface area contributed by atoms with E-state index in [1.54, 1.807) is 4.90 Å². The van der Waals surface area contributed by atoms with Crippen LogP contribution in [0.1, 0.15) is 42.5 Å². The Bertz CT molecular complexity index is 939. The van der Waals surface area contributed by atoms with Gasteiger partial charge in [0, 0.05) is 42.8 Å². The molecule has 2 unspecified atom stereocenters. The lowest BCUT2D eigenvalue weighted by molar-refractivity contribution is 0.200. The highest BCUT2D eigenvalue weighted by Crippen LogP contribution is 2.48. The molecule has 1 aromatic heterocycles. The van der Waals surface area contributed by atoms with Gasteiger partial charge < -0.3 is 15.2 Å². The van der Waals surface area contributed by atoms with Gasteiger partial charge in [0.2, 0.25) is 0 Å². The second-order valence-electron chi connectivity index (χ2n) is 8.37. The molecule has 1 aliphatic heterocycles. The largest absolute Gasteiger partial charge is 0.358 e. The van der Waals surface area contributed by atoms with Gasteiger partial charge in [-0.25, -0.2) is 4.79 Å². The van der Waals surface area contributed by atoms with Crippen LogP contribution in [-0.2, 0) is 6.42 Å². The normalized spacial score (nSPS) is 24.5. The highest BCUT2D eigenvalue weighted by molar-refractivity contribution is 5.99. The molecule has 0 saturated heterocycles. The van der Waals surface area contributed by atoms with Crippen LogP contribution in [0.25, 0.3) is 16.5 Å². The molecule has 2 aliphatic carbocycles. The molecule has 2 atom stereocenters. The van der Waals surface area contributed by atoms with Crippen LogP contribution in [-0.4, -0.2) is 60.1 Å². The van der Waals surface area contributed by atoms with E-state index < -0.39 is 0 Å². The van der Waals surface area contributed by atoms with Crippen LogP contribution < -0.4 is 5.32 Å². The third-order valence-electron chi connectivity index (χ3n) is 6.54. The maximum absolute atomic E-state index is 12.3. The summed E-state index contributed by atoms with van der Waals surface area (Å²) in [5.74, 6) is 0.733. The van der Waals surface area contributed by atoms with E-state index in [0.29, 0.717) is 12.6 Å². The Morgan fingerprint density at radius 1 is 1.37 bits per heavy atom. The number of nitrogens with one attached hydrogen (secondary N) is 2. The highest BCUT2D eigenvalue weighted by Gasteiger charge is 2.38. The number of aromatic amines is 1. The fourth-order valence-corrected chi connectivity index (χ4v) is 4.79. The van der Waals surface area contributed by atoms with Gasteiger partial charge in [0.25, 0.3) is 0 Å². The smallest absolute Gasteiger partial charge is 0.317 e. The summed E-state index contributed by atoms with van der Waals surface area (Å²) in [5.41, 5.74) is 6.99. The number of benzene rings is 1. The van der Waals surface area contributed by atoms with Gasteiger partial charge in [-0.05, 0) is 61.9 Å². The summed E-state index contributed by atoms with van der Waals surface area (Å²) in [7, 11) is 4.03. The average Bonchev–Trinajstić information content (AvgIpc) is 3.44. The lowest BCUT2D eigenvalue weighted by Crippen LogP contribution is -2.52. The Kier molecular flexibility index (Phi) is 3.83. The number of likely N-dealkylation sites (N-methyl/N-ethyl adjacent to an activating group) is 1. The van der Waals surface area contributed by atoms with E-state index in [2.05, 4.69) is 46.5 Å². The monoisotopic (exact) mass is 364 g/mol. The molecule has 5 rings (SSSR count). The zero-order valence-corrected chi connectivity index (χ0v) is 16.4. The van der Waals surface area contributed by atoms with Crippen molar-refractivity contribution in [2.24, 2.45) is 0 Å². The molecule has 5 heteroatoms. The quantitative estimate of drug-likeness (QED) is 0.878. The topological polar surface area (TPSA) is 51.4 Å². The standard InChI is InChI=1S/C22H28N4O/c1-4-25(2)22(27)23-14-10-16-15-6-5-7-18-20(15)17(11-19(16)26(3)12-14)21(24-18)13-8-9-13/h5-7,10,13-14,19,24H,4,8-9,11-12H2,1-3H3,(H,23,27). The minimum absolute atomic E-state index is 0.00132. The summed E-state index contributed by atoms with van der Waals surface area (Å²) < 4.78 is 0. The predicted octanol–water partition coefficient (Wildman–Crippen LogP) is 3.33. The Labute approximate surface area is 160 Å². The van der Waals surface area contributed by atoms with Crippen molar-refractivity contribution in [1.29, 1.82) is 0 Å². The molecular formula is C22H28N4O. The first-order valence-corrected chi connectivity index (χ1v) is 10.1. The van der Waals surface area contributed by atoms with Crippen LogP contribution in [0, 0.1) is 0 Å². The van der Waals surface area contributed by atoms with Crippen molar-refractivity contribution < 1.29 is 4.79 Å². The van der Waals surface area contributed by atoms with E-state index in [1.165, 1.54) is 46.1 Å². The molecule has 0 spiro atoms.